The Hall–Kier alpha value is -1.90. The molecule has 64 valence electrons. The molecular formula is C10H7NO2. The lowest BCUT2D eigenvalue weighted by molar-refractivity contribution is -0.132. The van der Waals surface area contributed by atoms with Gasteiger partial charge in [-0.1, -0.05) is 6.07 Å². The first-order valence-electron chi connectivity index (χ1n) is 3.87. The van der Waals surface area contributed by atoms with Crippen LogP contribution >= 0.6 is 0 Å². The predicted octanol–water partition coefficient (Wildman–Crippen LogP) is 1.54. The van der Waals surface area contributed by atoms with Gasteiger partial charge in [0.2, 0.25) is 0 Å². The third kappa shape index (κ3) is 1.82. The van der Waals surface area contributed by atoms with E-state index in [1.54, 1.807) is 18.3 Å². The zero-order valence-electron chi connectivity index (χ0n) is 6.81. The highest BCUT2D eigenvalue weighted by atomic mass is 16.5. The van der Waals surface area contributed by atoms with Crippen molar-refractivity contribution in [2.45, 2.75) is 0 Å². The van der Waals surface area contributed by atoms with Crippen LogP contribution in [0.1, 0.15) is 5.69 Å². The Morgan fingerprint density at radius 1 is 1.31 bits per heavy atom. The fourth-order valence-electron chi connectivity index (χ4n) is 1.02. The maximum atomic E-state index is 10.7. The molecule has 3 nitrogen and oxygen atoms in total. The van der Waals surface area contributed by atoms with Crippen LogP contribution in [0.5, 0.6) is 0 Å². The molecule has 0 radical (unpaired) electrons. The van der Waals surface area contributed by atoms with Crippen LogP contribution in [0, 0.1) is 0 Å². The average Bonchev–Trinajstić information content (AvgIpc) is 2.53. The van der Waals surface area contributed by atoms with Crippen LogP contribution in [0.3, 0.4) is 0 Å². The summed E-state index contributed by atoms with van der Waals surface area (Å²) in [5.74, 6) is 0.200. The van der Waals surface area contributed by atoms with Gasteiger partial charge in [0, 0.05) is 18.3 Å². The number of nitrogens with zero attached hydrogens (tertiary/aromatic N) is 1. The van der Waals surface area contributed by atoms with Crippen LogP contribution in [-0.2, 0) is 9.53 Å². The molecule has 13 heavy (non-hydrogen) atoms. The highest BCUT2D eigenvalue weighted by Gasteiger charge is 2.08. The molecular weight excluding hydrogens is 166 g/mol. The molecule has 0 aromatic carbocycles. The number of carbonyl (C=O) groups is 1. The molecule has 1 aromatic heterocycles. The number of carbonyl (C=O) groups excluding carboxylic acids is 1. The minimum absolute atomic E-state index is 0.331. The van der Waals surface area contributed by atoms with E-state index in [0.29, 0.717) is 5.76 Å². The monoisotopic (exact) mass is 173 g/mol. The molecule has 2 heterocycles. The molecule has 1 aromatic rings. The van der Waals surface area contributed by atoms with Crippen molar-refractivity contribution in [2.24, 2.45) is 0 Å². The summed E-state index contributed by atoms with van der Waals surface area (Å²) in [7, 11) is 0. The Morgan fingerprint density at radius 3 is 2.85 bits per heavy atom. The van der Waals surface area contributed by atoms with Gasteiger partial charge in [-0.3, -0.25) is 4.98 Å². The summed E-state index contributed by atoms with van der Waals surface area (Å²) in [6.45, 7) is 0. The van der Waals surface area contributed by atoms with Crippen molar-refractivity contribution >= 4 is 12.0 Å². The van der Waals surface area contributed by atoms with Crippen molar-refractivity contribution in [3.63, 3.8) is 0 Å². The number of allylic oxidation sites excluding steroid dienone is 1. The van der Waals surface area contributed by atoms with Gasteiger partial charge in [-0.05, 0) is 18.2 Å². The van der Waals surface area contributed by atoms with Gasteiger partial charge in [0.15, 0.2) is 0 Å². The SMILES string of the molecule is O=C1C=C/C(=C\c2ccccn2)O1. The number of esters is 1. The van der Waals surface area contributed by atoms with Gasteiger partial charge in [-0.15, -0.1) is 0 Å². The van der Waals surface area contributed by atoms with E-state index in [9.17, 15) is 4.79 Å². The number of hydrogen-bond acceptors (Lipinski definition) is 3. The normalized spacial score (nSPS) is 17.8. The van der Waals surface area contributed by atoms with E-state index in [2.05, 4.69) is 4.98 Å². The van der Waals surface area contributed by atoms with E-state index in [-0.39, 0.29) is 5.97 Å². The Kier molecular flexibility index (Phi) is 1.92. The maximum Gasteiger partial charge on any atom is 0.336 e. The van der Waals surface area contributed by atoms with Gasteiger partial charge in [0.1, 0.15) is 5.76 Å². The van der Waals surface area contributed by atoms with Crippen molar-refractivity contribution in [2.75, 3.05) is 0 Å². The summed E-state index contributed by atoms with van der Waals surface area (Å²) in [6, 6.07) is 5.55. The molecule has 0 saturated heterocycles. The van der Waals surface area contributed by atoms with Crippen molar-refractivity contribution in [1.29, 1.82) is 0 Å². The summed E-state index contributed by atoms with van der Waals surface area (Å²) < 4.78 is 4.84. The molecule has 1 aliphatic rings. The highest BCUT2D eigenvalue weighted by molar-refractivity contribution is 5.87. The third-order valence-corrected chi connectivity index (χ3v) is 1.58. The number of aromatic nitrogens is 1. The van der Waals surface area contributed by atoms with Crippen LogP contribution in [0.25, 0.3) is 6.08 Å². The molecule has 0 fully saturated rings. The number of cyclic esters (lactones) is 1. The first kappa shape index (κ1) is 7.73. The summed E-state index contributed by atoms with van der Waals surface area (Å²) in [6.07, 6.45) is 6.40. The first-order valence-corrected chi connectivity index (χ1v) is 3.87. The fourth-order valence-corrected chi connectivity index (χ4v) is 1.02. The van der Waals surface area contributed by atoms with Gasteiger partial charge in [0.25, 0.3) is 0 Å². The highest BCUT2D eigenvalue weighted by Crippen LogP contribution is 2.12. The third-order valence-electron chi connectivity index (χ3n) is 1.58. The Morgan fingerprint density at radius 2 is 2.23 bits per heavy atom. The van der Waals surface area contributed by atoms with E-state index in [1.807, 2.05) is 18.2 Å². The van der Waals surface area contributed by atoms with Crippen LogP contribution in [0.4, 0.5) is 0 Å². The van der Waals surface area contributed by atoms with E-state index in [1.165, 1.54) is 6.08 Å². The van der Waals surface area contributed by atoms with Gasteiger partial charge in [0.05, 0.1) is 5.69 Å². The van der Waals surface area contributed by atoms with E-state index >= 15 is 0 Å². The second kappa shape index (κ2) is 3.23. The van der Waals surface area contributed by atoms with Crippen LogP contribution in [0.2, 0.25) is 0 Å². The molecule has 0 bridgehead atoms. The molecule has 0 N–H and O–H groups in total. The van der Waals surface area contributed by atoms with Gasteiger partial charge in [-0.25, -0.2) is 4.79 Å². The van der Waals surface area contributed by atoms with Crippen molar-refractivity contribution in [3.8, 4) is 0 Å². The van der Waals surface area contributed by atoms with Crippen LogP contribution in [0.15, 0.2) is 42.3 Å². The van der Waals surface area contributed by atoms with E-state index in [0.717, 1.165) is 5.69 Å². The second-order valence-corrected chi connectivity index (χ2v) is 2.56. The molecule has 0 unspecified atom stereocenters. The van der Waals surface area contributed by atoms with Crippen molar-refractivity contribution < 1.29 is 9.53 Å². The number of ether oxygens (including phenoxy) is 1. The van der Waals surface area contributed by atoms with E-state index in [4.69, 9.17) is 4.74 Å². The maximum absolute atomic E-state index is 10.7. The quantitative estimate of drug-likeness (QED) is 0.604. The van der Waals surface area contributed by atoms with Crippen LogP contribution < -0.4 is 0 Å². The molecule has 1 aliphatic heterocycles. The molecule has 3 heteroatoms. The van der Waals surface area contributed by atoms with Crippen molar-refractivity contribution in [1.82, 2.24) is 4.98 Å². The fraction of sp³-hybridized carbons (Fsp3) is 0. The van der Waals surface area contributed by atoms with Crippen molar-refractivity contribution in [3.05, 3.63) is 48.0 Å². The molecule has 0 aliphatic carbocycles. The zero-order chi connectivity index (χ0) is 9.10. The van der Waals surface area contributed by atoms with Gasteiger partial charge < -0.3 is 4.74 Å². The molecule has 0 atom stereocenters. The second-order valence-electron chi connectivity index (χ2n) is 2.56. The summed E-state index contributed by atoms with van der Waals surface area (Å²) in [4.78, 5) is 14.7. The van der Waals surface area contributed by atoms with Crippen LogP contribution in [-0.4, -0.2) is 11.0 Å². The zero-order valence-corrected chi connectivity index (χ0v) is 6.81. The van der Waals surface area contributed by atoms with Gasteiger partial charge in [-0.2, -0.15) is 0 Å². The molecule has 0 saturated carbocycles. The minimum atomic E-state index is -0.331. The smallest absolute Gasteiger partial charge is 0.336 e. The lowest BCUT2D eigenvalue weighted by atomic mass is 10.3. The predicted molar refractivity (Wildman–Crippen MR) is 47.4 cm³/mol. The first-order chi connectivity index (χ1) is 6.34. The largest absolute Gasteiger partial charge is 0.423 e. The molecule has 2 rings (SSSR count). The average molecular weight is 173 g/mol. The summed E-state index contributed by atoms with van der Waals surface area (Å²) in [5, 5.41) is 0. The lowest BCUT2D eigenvalue weighted by Crippen LogP contribution is -1.90. The molecule has 0 spiro atoms. The molecule has 0 amide bonds. The Bertz CT molecular complexity index is 379. The standard InChI is InChI=1S/C10H7NO2/c12-10-5-4-9(13-10)7-8-3-1-2-6-11-8/h1-7H/b9-7+. The van der Waals surface area contributed by atoms with Gasteiger partial charge >= 0.3 is 5.97 Å². The lowest BCUT2D eigenvalue weighted by Gasteiger charge is -1.94. The van der Waals surface area contributed by atoms with E-state index < -0.39 is 0 Å². The topological polar surface area (TPSA) is 39.2 Å². The Balaban J connectivity index is 2.23. The number of rotatable bonds is 1. The summed E-state index contributed by atoms with van der Waals surface area (Å²) >= 11 is 0. The number of hydrogen-bond donors (Lipinski definition) is 0. The number of pyridine rings is 1. The minimum Gasteiger partial charge on any atom is -0.423 e. The summed E-state index contributed by atoms with van der Waals surface area (Å²) in [5.41, 5.74) is 0.775. The Labute approximate surface area is 75.4 Å².